The largest absolute Gasteiger partial charge is 0.345 e. The summed E-state index contributed by atoms with van der Waals surface area (Å²) < 4.78 is 12.9. The summed E-state index contributed by atoms with van der Waals surface area (Å²) in [6.07, 6.45) is 0.752. The van der Waals surface area contributed by atoms with Gasteiger partial charge in [0.15, 0.2) is 0 Å². The average Bonchev–Trinajstić information content (AvgIpc) is 3.09. The highest BCUT2D eigenvalue weighted by atomic mass is 32.1. The van der Waals surface area contributed by atoms with Crippen molar-refractivity contribution in [2.24, 2.45) is 5.92 Å². The van der Waals surface area contributed by atoms with Crippen molar-refractivity contribution in [3.63, 3.8) is 0 Å². The lowest BCUT2D eigenvalue weighted by Gasteiger charge is -2.08. The number of nitrogens with one attached hydrogen (secondary N) is 1. The van der Waals surface area contributed by atoms with Gasteiger partial charge in [0, 0.05) is 26.4 Å². The summed E-state index contributed by atoms with van der Waals surface area (Å²) in [6, 6.07) is 6.17. The van der Waals surface area contributed by atoms with Crippen LogP contribution in [-0.2, 0) is 16.0 Å². The highest BCUT2D eigenvalue weighted by molar-refractivity contribution is 7.15. The lowest BCUT2D eigenvalue weighted by atomic mass is 10.1. The number of carbonyl (C=O) groups is 2. The molecule has 2 heterocycles. The van der Waals surface area contributed by atoms with E-state index in [0.717, 1.165) is 10.6 Å². The zero-order valence-electron chi connectivity index (χ0n) is 12.5. The first-order valence-corrected chi connectivity index (χ1v) is 7.94. The molecule has 1 N–H and O–H groups in total. The second-order valence-corrected chi connectivity index (χ2v) is 6.53. The van der Waals surface area contributed by atoms with E-state index in [1.54, 1.807) is 24.1 Å². The molecule has 0 spiro atoms. The van der Waals surface area contributed by atoms with Gasteiger partial charge in [-0.3, -0.25) is 9.59 Å². The summed E-state index contributed by atoms with van der Waals surface area (Å²) in [5, 5.41) is 11.8. The fraction of sp³-hybridized carbons (Fsp3) is 0.333. The van der Waals surface area contributed by atoms with Crippen LogP contribution in [-0.4, -0.2) is 40.5 Å². The quantitative estimate of drug-likeness (QED) is 0.923. The first-order valence-electron chi connectivity index (χ1n) is 7.13. The molecule has 1 aromatic heterocycles. The average molecular weight is 334 g/mol. The van der Waals surface area contributed by atoms with Gasteiger partial charge in [0.2, 0.25) is 16.9 Å². The molecule has 3 rings (SSSR count). The molecule has 1 aliphatic heterocycles. The van der Waals surface area contributed by atoms with Crippen LogP contribution in [0.4, 0.5) is 9.52 Å². The third-order valence-corrected chi connectivity index (χ3v) is 4.52. The predicted molar refractivity (Wildman–Crippen MR) is 83.5 cm³/mol. The number of hydrogen-bond donors (Lipinski definition) is 1. The summed E-state index contributed by atoms with van der Waals surface area (Å²) in [7, 11) is 1.68. The number of aromatic nitrogens is 2. The Hall–Kier alpha value is -2.35. The molecule has 23 heavy (non-hydrogen) atoms. The monoisotopic (exact) mass is 334 g/mol. The molecule has 0 aliphatic carbocycles. The molecule has 2 amide bonds. The second-order valence-electron chi connectivity index (χ2n) is 5.47. The van der Waals surface area contributed by atoms with Gasteiger partial charge >= 0.3 is 0 Å². The number of carbonyl (C=O) groups excluding carboxylic acids is 2. The van der Waals surface area contributed by atoms with Crippen LogP contribution in [0.25, 0.3) is 0 Å². The van der Waals surface area contributed by atoms with Crippen molar-refractivity contribution in [3.8, 4) is 0 Å². The molecule has 0 bridgehead atoms. The van der Waals surface area contributed by atoms with E-state index in [1.807, 2.05) is 0 Å². The Kier molecular flexibility index (Phi) is 4.33. The number of anilines is 1. The van der Waals surface area contributed by atoms with Gasteiger partial charge in [-0.05, 0) is 17.7 Å². The van der Waals surface area contributed by atoms with Crippen molar-refractivity contribution in [2.45, 2.75) is 12.8 Å². The molecule has 0 radical (unpaired) electrons. The van der Waals surface area contributed by atoms with E-state index < -0.39 is 0 Å². The molecule has 1 fully saturated rings. The van der Waals surface area contributed by atoms with E-state index in [4.69, 9.17) is 0 Å². The van der Waals surface area contributed by atoms with E-state index in [9.17, 15) is 14.0 Å². The van der Waals surface area contributed by atoms with Crippen LogP contribution in [0.1, 0.15) is 17.0 Å². The van der Waals surface area contributed by atoms with E-state index in [2.05, 4.69) is 15.5 Å². The van der Waals surface area contributed by atoms with Crippen molar-refractivity contribution in [3.05, 3.63) is 40.7 Å². The molecule has 8 heteroatoms. The summed E-state index contributed by atoms with van der Waals surface area (Å²) >= 11 is 1.27. The Balaban J connectivity index is 1.60. The Morgan fingerprint density at radius 2 is 2.13 bits per heavy atom. The van der Waals surface area contributed by atoms with Gasteiger partial charge in [-0.1, -0.05) is 23.5 Å². The van der Waals surface area contributed by atoms with Crippen LogP contribution in [0.2, 0.25) is 0 Å². The minimum absolute atomic E-state index is 0.0283. The fourth-order valence-corrected chi connectivity index (χ4v) is 3.18. The SMILES string of the molecule is CN1CC(C(=O)Nc2nnc(Cc3ccc(F)cc3)s2)CC1=O. The summed E-state index contributed by atoms with van der Waals surface area (Å²) in [5.41, 5.74) is 0.920. The zero-order chi connectivity index (χ0) is 16.4. The van der Waals surface area contributed by atoms with Gasteiger partial charge in [-0.15, -0.1) is 10.2 Å². The van der Waals surface area contributed by atoms with E-state index in [-0.39, 0.29) is 30.0 Å². The summed E-state index contributed by atoms with van der Waals surface area (Å²) in [4.78, 5) is 25.1. The molecule has 120 valence electrons. The molecule has 1 unspecified atom stereocenters. The highest BCUT2D eigenvalue weighted by Crippen LogP contribution is 2.22. The molecule has 2 aromatic rings. The molecule has 1 saturated heterocycles. The minimum Gasteiger partial charge on any atom is -0.345 e. The van der Waals surface area contributed by atoms with Crippen LogP contribution in [0.3, 0.4) is 0 Å². The number of rotatable bonds is 4. The van der Waals surface area contributed by atoms with Gasteiger partial charge in [-0.2, -0.15) is 0 Å². The maximum absolute atomic E-state index is 12.9. The van der Waals surface area contributed by atoms with E-state index in [1.165, 1.54) is 23.5 Å². The molecular weight excluding hydrogens is 319 g/mol. The topological polar surface area (TPSA) is 75.2 Å². The number of hydrogen-bond acceptors (Lipinski definition) is 5. The third-order valence-electron chi connectivity index (χ3n) is 3.68. The zero-order valence-corrected chi connectivity index (χ0v) is 13.3. The van der Waals surface area contributed by atoms with Crippen molar-refractivity contribution in [2.75, 3.05) is 18.9 Å². The third kappa shape index (κ3) is 3.70. The summed E-state index contributed by atoms with van der Waals surface area (Å²) in [6.45, 7) is 0.423. The Bertz CT molecular complexity index is 731. The Morgan fingerprint density at radius 1 is 1.39 bits per heavy atom. The standard InChI is InChI=1S/C15H15FN4O2S/c1-20-8-10(7-13(20)21)14(22)17-15-19-18-12(23-15)6-9-2-4-11(16)5-3-9/h2-5,10H,6-8H2,1H3,(H,17,19,22). The number of nitrogens with zero attached hydrogens (tertiary/aromatic N) is 3. The van der Waals surface area contributed by atoms with Crippen LogP contribution in [0.15, 0.2) is 24.3 Å². The van der Waals surface area contributed by atoms with Crippen molar-refractivity contribution in [1.29, 1.82) is 0 Å². The maximum Gasteiger partial charge on any atom is 0.231 e. The van der Waals surface area contributed by atoms with E-state index in [0.29, 0.717) is 18.1 Å². The predicted octanol–water partition coefficient (Wildman–Crippen LogP) is 1.68. The van der Waals surface area contributed by atoms with Gasteiger partial charge in [0.05, 0.1) is 5.92 Å². The van der Waals surface area contributed by atoms with Crippen LogP contribution in [0, 0.1) is 11.7 Å². The Morgan fingerprint density at radius 3 is 2.78 bits per heavy atom. The molecular formula is C15H15FN4O2S. The number of likely N-dealkylation sites (tertiary alicyclic amines) is 1. The number of benzene rings is 1. The smallest absolute Gasteiger partial charge is 0.231 e. The molecule has 1 aliphatic rings. The van der Waals surface area contributed by atoms with Crippen molar-refractivity contribution >= 4 is 28.3 Å². The number of amides is 2. The second kappa shape index (κ2) is 6.41. The van der Waals surface area contributed by atoms with Gasteiger partial charge in [0.25, 0.3) is 0 Å². The first kappa shape index (κ1) is 15.5. The minimum atomic E-state index is -0.350. The van der Waals surface area contributed by atoms with Crippen LogP contribution >= 0.6 is 11.3 Å². The van der Waals surface area contributed by atoms with E-state index >= 15 is 0 Å². The molecule has 1 aromatic carbocycles. The molecule has 6 nitrogen and oxygen atoms in total. The lowest BCUT2D eigenvalue weighted by molar-refractivity contribution is -0.127. The normalized spacial score (nSPS) is 17.6. The van der Waals surface area contributed by atoms with Gasteiger partial charge in [-0.25, -0.2) is 4.39 Å². The van der Waals surface area contributed by atoms with Gasteiger partial charge < -0.3 is 10.2 Å². The maximum atomic E-state index is 12.9. The number of halogens is 1. The summed E-state index contributed by atoms with van der Waals surface area (Å²) in [5.74, 6) is -0.876. The molecule has 1 atom stereocenters. The van der Waals surface area contributed by atoms with Gasteiger partial charge in [0.1, 0.15) is 10.8 Å². The molecule has 0 saturated carbocycles. The van der Waals surface area contributed by atoms with Crippen molar-refractivity contribution < 1.29 is 14.0 Å². The fourth-order valence-electron chi connectivity index (χ4n) is 2.40. The Labute approximate surface area is 136 Å². The lowest BCUT2D eigenvalue weighted by Crippen LogP contribution is -2.25. The van der Waals surface area contributed by atoms with Crippen LogP contribution in [0.5, 0.6) is 0 Å². The highest BCUT2D eigenvalue weighted by Gasteiger charge is 2.32. The first-order chi connectivity index (χ1) is 11.0. The van der Waals surface area contributed by atoms with Crippen molar-refractivity contribution in [1.82, 2.24) is 15.1 Å². The van der Waals surface area contributed by atoms with Crippen LogP contribution < -0.4 is 5.32 Å².